The highest BCUT2D eigenvalue weighted by Crippen LogP contribution is 2.31. The number of rotatable bonds is 5. The van der Waals surface area contributed by atoms with Crippen molar-refractivity contribution in [1.82, 2.24) is 25.0 Å². The molecule has 2 heterocycles. The van der Waals surface area contributed by atoms with Crippen molar-refractivity contribution in [2.24, 2.45) is 0 Å². The van der Waals surface area contributed by atoms with E-state index in [4.69, 9.17) is 4.74 Å². The zero-order chi connectivity index (χ0) is 17.8. The number of piperazine rings is 1. The third-order valence-corrected chi connectivity index (χ3v) is 4.86. The molecule has 134 valence electrons. The van der Waals surface area contributed by atoms with Gasteiger partial charge in [0.05, 0.1) is 18.8 Å². The minimum absolute atomic E-state index is 0.301. The van der Waals surface area contributed by atoms with Gasteiger partial charge in [-0.3, -0.25) is 4.90 Å². The average Bonchev–Trinajstić information content (AvgIpc) is 3.24. The van der Waals surface area contributed by atoms with E-state index in [2.05, 4.69) is 56.7 Å². The van der Waals surface area contributed by atoms with Crippen molar-refractivity contribution in [1.29, 1.82) is 0 Å². The summed E-state index contributed by atoms with van der Waals surface area (Å²) < 4.78 is 7.35. The first-order valence-corrected chi connectivity index (χ1v) is 8.87. The molecule has 0 amide bonds. The van der Waals surface area contributed by atoms with Crippen LogP contribution in [0.5, 0.6) is 5.75 Å². The summed E-state index contributed by atoms with van der Waals surface area (Å²) in [6.45, 7) is 3.84. The van der Waals surface area contributed by atoms with Gasteiger partial charge in [-0.2, -0.15) is 5.10 Å². The molecule has 0 radical (unpaired) electrons. The van der Waals surface area contributed by atoms with Crippen molar-refractivity contribution in [2.75, 3.05) is 26.7 Å². The molecule has 3 aromatic rings. The first-order chi connectivity index (χ1) is 12.8. The van der Waals surface area contributed by atoms with Crippen LogP contribution in [-0.2, 0) is 6.54 Å². The topological polar surface area (TPSA) is 55.2 Å². The number of ether oxygens (including phenoxy) is 1. The summed E-state index contributed by atoms with van der Waals surface area (Å²) in [6.07, 6.45) is 3.26. The number of nitrogens with zero attached hydrogens (tertiary/aromatic N) is 4. The second-order valence-corrected chi connectivity index (χ2v) is 6.44. The minimum Gasteiger partial charge on any atom is -0.496 e. The van der Waals surface area contributed by atoms with Crippen molar-refractivity contribution < 1.29 is 4.74 Å². The highest BCUT2D eigenvalue weighted by atomic mass is 16.5. The van der Waals surface area contributed by atoms with Crippen LogP contribution >= 0.6 is 0 Å². The van der Waals surface area contributed by atoms with Gasteiger partial charge in [-0.1, -0.05) is 30.3 Å². The van der Waals surface area contributed by atoms with Crippen LogP contribution in [0.2, 0.25) is 0 Å². The molecule has 1 N–H and O–H groups in total. The van der Waals surface area contributed by atoms with Gasteiger partial charge in [-0.25, -0.2) is 9.67 Å². The molecule has 0 bridgehead atoms. The number of hydrogen-bond acceptors (Lipinski definition) is 5. The summed E-state index contributed by atoms with van der Waals surface area (Å²) in [7, 11) is 1.74. The summed E-state index contributed by atoms with van der Waals surface area (Å²) in [6, 6.07) is 17.1. The smallest absolute Gasteiger partial charge is 0.138 e. The van der Waals surface area contributed by atoms with E-state index in [0.717, 1.165) is 37.6 Å². The molecule has 1 saturated heterocycles. The Morgan fingerprint density at radius 3 is 2.77 bits per heavy atom. The number of para-hydroxylation sites is 1. The van der Waals surface area contributed by atoms with E-state index in [1.807, 2.05) is 12.1 Å². The molecule has 1 unspecified atom stereocenters. The zero-order valence-electron chi connectivity index (χ0n) is 14.9. The normalized spacial score (nSPS) is 18.0. The van der Waals surface area contributed by atoms with Gasteiger partial charge in [0, 0.05) is 31.7 Å². The molecule has 0 spiro atoms. The predicted molar refractivity (Wildman–Crippen MR) is 100 cm³/mol. The predicted octanol–water partition coefficient (Wildman–Crippen LogP) is 2.42. The first-order valence-electron chi connectivity index (χ1n) is 8.87. The fourth-order valence-corrected chi connectivity index (χ4v) is 3.51. The van der Waals surface area contributed by atoms with Crippen molar-refractivity contribution in [3.8, 4) is 11.4 Å². The molecule has 0 saturated carbocycles. The lowest BCUT2D eigenvalue weighted by Crippen LogP contribution is -2.45. The lowest BCUT2D eigenvalue weighted by Gasteiger charge is -2.37. The van der Waals surface area contributed by atoms with Crippen LogP contribution in [0.4, 0.5) is 0 Å². The molecule has 1 aliphatic rings. The number of benzene rings is 2. The van der Waals surface area contributed by atoms with Crippen LogP contribution in [0.25, 0.3) is 5.69 Å². The molecule has 6 nitrogen and oxygen atoms in total. The van der Waals surface area contributed by atoms with Crippen LogP contribution in [0, 0.1) is 0 Å². The Morgan fingerprint density at radius 2 is 2.00 bits per heavy atom. The molecule has 1 fully saturated rings. The molecule has 26 heavy (non-hydrogen) atoms. The van der Waals surface area contributed by atoms with Crippen molar-refractivity contribution in [3.63, 3.8) is 0 Å². The average molecular weight is 349 g/mol. The standard InChI is InChI=1S/C20H23N5O/c1-26-20-5-3-2-4-18(20)19-12-21-10-11-24(19)13-16-6-8-17(9-7-16)25-15-22-14-23-25/h2-9,14-15,19,21H,10-13H2,1H3. The van der Waals surface area contributed by atoms with E-state index in [-0.39, 0.29) is 0 Å². The van der Waals surface area contributed by atoms with Gasteiger partial charge in [0.25, 0.3) is 0 Å². The van der Waals surface area contributed by atoms with Gasteiger partial charge in [0.1, 0.15) is 18.4 Å². The number of hydrogen-bond donors (Lipinski definition) is 1. The summed E-state index contributed by atoms with van der Waals surface area (Å²) >= 11 is 0. The third-order valence-electron chi connectivity index (χ3n) is 4.86. The summed E-state index contributed by atoms with van der Waals surface area (Å²) in [5.41, 5.74) is 3.55. The molecular weight excluding hydrogens is 326 g/mol. The molecule has 0 aliphatic carbocycles. The monoisotopic (exact) mass is 349 g/mol. The Kier molecular flexibility index (Phi) is 4.95. The Hall–Kier alpha value is -2.70. The molecule has 6 heteroatoms. The lowest BCUT2D eigenvalue weighted by molar-refractivity contribution is 0.151. The fraction of sp³-hybridized carbons (Fsp3) is 0.300. The SMILES string of the molecule is COc1ccccc1C1CNCCN1Cc1ccc(-n2cncn2)cc1. The maximum atomic E-state index is 5.58. The zero-order valence-corrected chi connectivity index (χ0v) is 14.9. The van der Waals surface area contributed by atoms with Crippen LogP contribution in [0.3, 0.4) is 0 Å². The van der Waals surface area contributed by atoms with Crippen LogP contribution in [0.1, 0.15) is 17.2 Å². The van der Waals surface area contributed by atoms with Crippen LogP contribution in [-0.4, -0.2) is 46.4 Å². The van der Waals surface area contributed by atoms with Crippen LogP contribution < -0.4 is 10.1 Å². The van der Waals surface area contributed by atoms with E-state index >= 15 is 0 Å². The fourth-order valence-electron chi connectivity index (χ4n) is 3.51. The van der Waals surface area contributed by atoms with E-state index < -0.39 is 0 Å². The highest BCUT2D eigenvalue weighted by molar-refractivity contribution is 5.37. The summed E-state index contributed by atoms with van der Waals surface area (Å²) in [4.78, 5) is 6.51. The summed E-state index contributed by atoms with van der Waals surface area (Å²) in [5.74, 6) is 0.952. The Bertz CT molecular complexity index is 832. The first kappa shape index (κ1) is 16.8. The molecule has 1 atom stereocenters. The van der Waals surface area contributed by atoms with Crippen LogP contribution in [0.15, 0.2) is 61.2 Å². The third kappa shape index (κ3) is 3.47. The number of methoxy groups -OCH3 is 1. The second kappa shape index (κ2) is 7.68. The molecule has 4 rings (SSSR count). The van der Waals surface area contributed by atoms with E-state index in [1.54, 1.807) is 24.4 Å². The lowest BCUT2D eigenvalue weighted by atomic mass is 10.0. The van der Waals surface area contributed by atoms with Crippen molar-refractivity contribution in [2.45, 2.75) is 12.6 Å². The maximum absolute atomic E-state index is 5.58. The minimum atomic E-state index is 0.301. The second-order valence-electron chi connectivity index (χ2n) is 6.44. The molecule has 1 aromatic heterocycles. The van der Waals surface area contributed by atoms with Gasteiger partial charge in [0.15, 0.2) is 0 Å². The van der Waals surface area contributed by atoms with E-state index in [1.165, 1.54) is 11.1 Å². The van der Waals surface area contributed by atoms with Gasteiger partial charge in [0.2, 0.25) is 0 Å². The van der Waals surface area contributed by atoms with Gasteiger partial charge in [-0.05, 0) is 23.8 Å². The molecule has 1 aliphatic heterocycles. The van der Waals surface area contributed by atoms with Gasteiger partial charge < -0.3 is 10.1 Å². The highest BCUT2D eigenvalue weighted by Gasteiger charge is 2.26. The number of aromatic nitrogens is 3. The molecular formula is C20H23N5O. The van der Waals surface area contributed by atoms with Crippen molar-refractivity contribution in [3.05, 3.63) is 72.3 Å². The largest absolute Gasteiger partial charge is 0.496 e. The number of nitrogens with one attached hydrogen (secondary N) is 1. The Balaban J connectivity index is 1.53. The quantitative estimate of drug-likeness (QED) is 0.767. The van der Waals surface area contributed by atoms with Gasteiger partial charge >= 0.3 is 0 Å². The van der Waals surface area contributed by atoms with Gasteiger partial charge in [-0.15, -0.1) is 0 Å². The Labute approximate surface area is 153 Å². The summed E-state index contributed by atoms with van der Waals surface area (Å²) in [5, 5.41) is 7.69. The maximum Gasteiger partial charge on any atom is 0.138 e. The van der Waals surface area contributed by atoms with Crippen molar-refractivity contribution >= 4 is 0 Å². The van der Waals surface area contributed by atoms with E-state index in [9.17, 15) is 0 Å². The van der Waals surface area contributed by atoms with E-state index in [0.29, 0.717) is 6.04 Å². The Morgan fingerprint density at radius 1 is 1.15 bits per heavy atom. The molecule has 2 aromatic carbocycles.